The van der Waals surface area contributed by atoms with E-state index in [1.54, 1.807) is 18.2 Å². The molecular formula is C17H15Cl2FN4O4S2. The Hall–Kier alpha value is -1.31. The van der Waals surface area contributed by atoms with E-state index in [0.29, 0.717) is 25.6 Å². The Bertz CT molecular complexity index is 1040. The highest BCUT2D eigenvalue weighted by Crippen LogP contribution is 2.39. The minimum Gasteiger partial charge on any atom is -0.394 e. The number of benzene rings is 1. The number of hydrogen-bond acceptors (Lipinski definition) is 9. The van der Waals surface area contributed by atoms with Crippen LogP contribution in [0.1, 0.15) is 6.04 Å². The summed E-state index contributed by atoms with van der Waals surface area (Å²) < 4.78 is 20.2. The van der Waals surface area contributed by atoms with Crippen LogP contribution >= 0.6 is 46.3 Å². The van der Waals surface area contributed by atoms with Gasteiger partial charge in [0.25, 0.3) is 0 Å². The molecule has 13 heteroatoms. The molecule has 8 nitrogen and oxygen atoms in total. The number of ether oxygens (including phenoxy) is 1. The number of aromatic nitrogens is 4. The number of nitrogens with zero attached hydrogens (tertiary/aromatic N) is 4. The molecule has 1 aromatic carbocycles. The molecule has 0 spiro atoms. The first-order valence-electron chi connectivity index (χ1n) is 8.64. The van der Waals surface area contributed by atoms with Gasteiger partial charge in [-0.2, -0.15) is 4.39 Å². The zero-order valence-corrected chi connectivity index (χ0v) is 18.1. The molecule has 1 saturated heterocycles. The molecule has 0 aliphatic carbocycles. The summed E-state index contributed by atoms with van der Waals surface area (Å²) in [4.78, 5) is 4.39. The minimum absolute atomic E-state index is 0.295. The molecule has 160 valence electrons. The predicted molar refractivity (Wildman–Crippen MR) is 110 cm³/mol. The van der Waals surface area contributed by atoms with Gasteiger partial charge in [0.15, 0.2) is 0 Å². The first-order chi connectivity index (χ1) is 14.4. The van der Waals surface area contributed by atoms with Crippen LogP contribution in [0, 0.1) is 5.95 Å². The lowest BCUT2D eigenvalue weighted by atomic mass is 9.97. The van der Waals surface area contributed by atoms with Gasteiger partial charge >= 0.3 is 0 Å². The number of aliphatic hydroxyl groups is 3. The molecule has 3 unspecified atom stereocenters. The van der Waals surface area contributed by atoms with Crippen molar-refractivity contribution in [3.8, 4) is 10.7 Å². The molecule has 3 aromatic rings. The van der Waals surface area contributed by atoms with Gasteiger partial charge in [-0.1, -0.05) is 40.2 Å². The van der Waals surface area contributed by atoms with E-state index >= 15 is 0 Å². The van der Waals surface area contributed by atoms with Gasteiger partial charge in [-0.25, -0.2) is 9.67 Å². The minimum atomic E-state index is -1.27. The van der Waals surface area contributed by atoms with Crippen molar-refractivity contribution in [2.75, 3.05) is 6.61 Å². The first-order valence-corrected chi connectivity index (χ1v) is 11.2. The monoisotopic (exact) mass is 492 g/mol. The largest absolute Gasteiger partial charge is 0.394 e. The third kappa shape index (κ3) is 4.34. The Morgan fingerprint density at radius 3 is 2.70 bits per heavy atom. The Morgan fingerprint density at radius 2 is 2.03 bits per heavy atom. The van der Waals surface area contributed by atoms with Crippen LogP contribution in [0.5, 0.6) is 0 Å². The highest BCUT2D eigenvalue weighted by atomic mass is 35.5. The summed E-state index contributed by atoms with van der Waals surface area (Å²) in [6.07, 6.45) is -2.00. The van der Waals surface area contributed by atoms with Crippen molar-refractivity contribution in [1.82, 2.24) is 20.0 Å². The second-order valence-electron chi connectivity index (χ2n) is 6.45. The van der Waals surface area contributed by atoms with Crippen molar-refractivity contribution in [2.24, 2.45) is 0 Å². The van der Waals surface area contributed by atoms with Crippen LogP contribution in [0.15, 0.2) is 34.7 Å². The van der Waals surface area contributed by atoms with Gasteiger partial charge in [0.1, 0.15) is 40.5 Å². The molecule has 0 radical (unpaired) electrons. The number of thioether (sulfide) groups is 1. The highest BCUT2D eigenvalue weighted by molar-refractivity contribution is 7.99. The molecular weight excluding hydrogens is 478 g/mol. The number of hydrogen-bond donors (Lipinski definition) is 3. The average Bonchev–Trinajstić information content (AvgIpc) is 3.36. The molecule has 1 fully saturated rings. The summed E-state index contributed by atoms with van der Waals surface area (Å²) in [5, 5.41) is 41.4. The van der Waals surface area contributed by atoms with Gasteiger partial charge in [-0.15, -0.1) is 16.4 Å². The van der Waals surface area contributed by atoms with Crippen LogP contribution in [0.2, 0.25) is 10.0 Å². The lowest BCUT2D eigenvalue weighted by molar-refractivity contribution is -0.178. The number of rotatable bonds is 5. The van der Waals surface area contributed by atoms with Gasteiger partial charge in [0, 0.05) is 10.3 Å². The van der Waals surface area contributed by atoms with Crippen molar-refractivity contribution in [3.05, 3.63) is 45.8 Å². The fourth-order valence-corrected chi connectivity index (χ4v) is 5.13. The van der Waals surface area contributed by atoms with Crippen LogP contribution in [0.25, 0.3) is 10.7 Å². The van der Waals surface area contributed by atoms with Gasteiger partial charge in [0.2, 0.25) is 5.95 Å². The molecule has 0 amide bonds. The van der Waals surface area contributed by atoms with Crippen molar-refractivity contribution in [3.63, 3.8) is 0 Å². The van der Waals surface area contributed by atoms with Crippen LogP contribution in [0.3, 0.4) is 0 Å². The molecule has 0 bridgehead atoms. The molecule has 1 aliphatic rings. The van der Waals surface area contributed by atoms with Crippen molar-refractivity contribution in [2.45, 2.75) is 34.7 Å². The average molecular weight is 493 g/mol. The predicted octanol–water partition coefficient (Wildman–Crippen LogP) is 2.62. The van der Waals surface area contributed by atoms with E-state index in [1.807, 2.05) is 0 Å². The maximum Gasteiger partial charge on any atom is 0.224 e. The Morgan fingerprint density at radius 1 is 1.23 bits per heavy atom. The maximum atomic E-state index is 13.2. The Labute approximate surface area is 188 Å². The summed E-state index contributed by atoms with van der Waals surface area (Å²) in [5.74, 6) is -0.630. The van der Waals surface area contributed by atoms with E-state index < -0.39 is 42.3 Å². The normalized spacial score (nSPS) is 26.8. The SMILES string of the molecule is OCC1O[C@H](Sc2ccc(Cl)c(Cl)c2)C(O)C(n2cc(-c3nc(F)cs3)nn2)[C@H]1O. The van der Waals surface area contributed by atoms with E-state index in [1.165, 1.54) is 16.3 Å². The molecule has 1 aliphatic heterocycles. The molecule has 4 rings (SSSR count). The molecule has 2 aromatic heterocycles. The fraction of sp³-hybridized carbons (Fsp3) is 0.353. The smallest absolute Gasteiger partial charge is 0.224 e. The third-order valence-electron chi connectivity index (χ3n) is 4.50. The lowest BCUT2D eigenvalue weighted by Crippen LogP contribution is -2.55. The van der Waals surface area contributed by atoms with E-state index in [-0.39, 0.29) is 0 Å². The van der Waals surface area contributed by atoms with Crippen molar-refractivity contribution < 1.29 is 24.4 Å². The quantitative estimate of drug-likeness (QED) is 0.497. The first kappa shape index (κ1) is 21.9. The summed E-state index contributed by atoms with van der Waals surface area (Å²) in [6, 6.07) is 3.99. The lowest BCUT2D eigenvalue weighted by Gasteiger charge is -2.41. The van der Waals surface area contributed by atoms with Crippen molar-refractivity contribution >= 4 is 46.3 Å². The van der Waals surface area contributed by atoms with E-state index in [2.05, 4.69) is 15.3 Å². The topological polar surface area (TPSA) is 114 Å². The summed E-state index contributed by atoms with van der Waals surface area (Å²) >= 11 is 14.2. The standard InChI is InChI=1S/C17H15Cl2FN4O4S2/c18-8-2-1-7(3-9(8)19)30-17-15(27)13(14(26)11(5-25)28-17)24-4-10(22-23-24)16-21-12(20)6-29-16/h1-4,6,11,13-15,17,25-27H,5H2/t11?,13?,14-,15?,17+/m0/s1. The summed E-state index contributed by atoms with van der Waals surface area (Å²) in [5.41, 5.74) is -0.554. The van der Waals surface area contributed by atoms with E-state index in [4.69, 9.17) is 27.9 Å². The van der Waals surface area contributed by atoms with E-state index in [0.717, 1.165) is 23.1 Å². The summed E-state index contributed by atoms with van der Waals surface area (Å²) in [6.45, 7) is -0.470. The van der Waals surface area contributed by atoms with Crippen LogP contribution in [-0.2, 0) is 4.74 Å². The number of halogens is 3. The molecule has 0 saturated carbocycles. The fourth-order valence-electron chi connectivity index (χ4n) is 3.05. The second kappa shape index (κ2) is 9.05. The molecule has 3 N–H and O–H groups in total. The Kier molecular flexibility index (Phi) is 6.61. The van der Waals surface area contributed by atoms with Crippen LogP contribution < -0.4 is 0 Å². The van der Waals surface area contributed by atoms with Crippen LogP contribution in [-0.4, -0.2) is 65.7 Å². The van der Waals surface area contributed by atoms with E-state index in [9.17, 15) is 19.7 Å². The number of aliphatic hydroxyl groups excluding tert-OH is 3. The molecule has 5 atom stereocenters. The maximum absolute atomic E-state index is 13.2. The zero-order valence-electron chi connectivity index (χ0n) is 15.0. The third-order valence-corrected chi connectivity index (χ3v) is 7.23. The molecule has 30 heavy (non-hydrogen) atoms. The summed E-state index contributed by atoms with van der Waals surface area (Å²) in [7, 11) is 0. The number of thiazole rings is 1. The van der Waals surface area contributed by atoms with Gasteiger partial charge < -0.3 is 20.1 Å². The van der Waals surface area contributed by atoms with Gasteiger partial charge in [0.05, 0.1) is 22.8 Å². The van der Waals surface area contributed by atoms with Crippen molar-refractivity contribution in [1.29, 1.82) is 0 Å². The Balaban J connectivity index is 1.61. The van der Waals surface area contributed by atoms with Crippen LogP contribution in [0.4, 0.5) is 4.39 Å². The van der Waals surface area contributed by atoms with Gasteiger partial charge in [-0.3, -0.25) is 0 Å². The highest BCUT2D eigenvalue weighted by Gasteiger charge is 2.46. The van der Waals surface area contributed by atoms with Gasteiger partial charge in [-0.05, 0) is 18.2 Å². The molecule has 3 heterocycles. The zero-order chi connectivity index (χ0) is 21.4. The second-order valence-corrected chi connectivity index (χ2v) is 9.29.